The van der Waals surface area contributed by atoms with E-state index in [0.717, 1.165) is 52.1 Å². The lowest BCUT2D eigenvalue weighted by molar-refractivity contribution is 0.188. The Labute approximate surface area is 178 Å². The van der Waals surface area contributed by atoms with Gasteiger partial charge in [0.1, 0.15) is 6.33 Å². The first kappa shape index (κ1) is 20.1. The van der Waals surface area contributed by atoms with Crippen LogP contribution in [0, 0.1) is 19.3 Å². The summed E-state index contributed by atoms with van der Waals surface area (Å²) in [5.41, 5.74) is 5.42. The van der Waals surface area contributed by atoms with Gasteiger partial charge in [-0.1, -0.05) is 50.4 Å². The lowest BCUT2D eigenvalue weighted by Gasteiger charge is -2.42. The third-order valence-corrected chi connectivity index (χ3v) is 7.19. The van der Waals surface area contributed by atoms with Gasteiger partial charge in [-0.25, -0.2) is 4.98 Å². The van der Waals surface area contributed by atoms with Crippen LogP contribution < -0.4 is 4.90 Å². The highest BCUT2D eigenvalue weighted by atomic mass is 35.5. The van der Waals surface area contributed by atoms with E-state index in [0.29, 0.717) is 5.41 Å². The van der Waals surface area contributed by atoms with Gasteiger partial charge in [0, 0.05) is 23.7 Å². The molecule has 0 N–H and O–H groups in total. The van der Waals surface area contributed by atoms with E-state index in [2.05, 4.69) is 46.3 Å². The summed E-state index contributed by atoms with van der Waals surface area (Å²) < 4.78 is 2.07. The van der Waals surface area contributed by atoms with Crippen LogP contribution in [-0.4, -0.2) is 32.7 Å². The quantitative estimate of drug-likeness (QED) is 0.527. The molecule has 1 fully saturated rings. The van der Waals surface area contributed by atoms with Gasteiger partial charge in [0.2, 0.25) is 5.65 Å². The lowest BCUT2D eigenvalue weighted by Crippen LogP contribution is -2.40. The zero-order valence-corrected chi connectivity index (χ0v) is 18.6. The monoisotopic (exact) mass is 411 g/mol. The van der Waals surface area contributed by atoms with Gasteiger partial charge < -0.3 is 4.90 Å². The summed E-state index contributed by atoms with van der Waals surface area (Å²) in [6.45, 7) is 10.8. The number of benzene rings is 1. The van der Waals surface area contributed by atoms with Gasteiger partial charge in [-0.15, -0.1) is 10.2 Å². The molecule has 0 spiro atoms. The van der Waals surface area contributed by atoms with Gasteiger partial charge in [0.05, 0.1) is 11.4 Å². The number of halogens is 1. The Morgan fingerprint density at radius 1 is 1.14 bits per heavy atom. The molecule has 0 bridgehead atoms. The maximum atomic E-state index is 6.39. The number of aromatic nitrogens is 4. The van der Waals surface area contributed by atoms with Crippen LogP contribution in [0.1, 0.15) is 57.2 Å². The van der Waals surface area contributed by atoms with Crippen LogP contribution in [0.5, 0.6) is 0 Å². The van der Waals surface area contributed by atoms with E-state index in [9.17, 15) is 0 Å². The number of anilines is 1. The molecule has 1 aromatic carbocycles. The highest BCUT2D eigenvalue weighted by Crippen LogP contribution is 2.41. The number of nitrogens with zero attached hydrogens (tertiary/aromatic N) is 5. The Kier molecular flexibility index (Phi) is 5.52. The average Bonchev–Trinajstić information content (AvgIpc) is 3.20. The molecule has 0 radical (unpaired) electrons. The Morgan fingerprint density at radius 2 is 1.90 bits per heavy atom. The van der Waals surface area contributed by atoms with Gasteiger partial charge in [0.25, 0.3) is 0 Å². The molecular weight excluding hydrogens is 382 g/mol. The molecule has 5 nitrogen and oxygen atoms in total. The summed E-state index contributed by atoms with van der Waals surface area (Å²) in [6, 6.07) is 5.99. The van der Waals surface area contributed by atoms with E-state index < -0.39 is 0 Å². The van der Waals surface area contributed by atoms with Crippen LogP contribution >= 0.6 is 11.6 Å². The molecule has 154 valence electrons. The minimum atomic E-state index is 0.488. The van der Waals surface area contributed by atoms with Crippen molar-refractivity contribution in [2.75, 3.05) is 18.0 Å². The summed E-state index contributed by atoms with van der Waals surface area (Å²) in [5.74, 6) is 0.949. The Balaban J connectivity index is 1.74. The molecule has 1 aliphatic rings. The third kappa shape index (κ3) is 3.50. The van der Waals surface area contributed by atoms with Crippen LogP contribution in [0.15, 0.2) is 24.5 Å². The first-order valence-electron chi connectivity index (χ1n) is 10.7. The number of rotatable bonds is 5. The van der Waals surface area contributed by atoms with E-state index in [1.807, 2.05) is 19.1 Å². The average molecular weight is 412 g/mol. The maximum Gasteiger partial charge on any atom is 0.204 e. The topological polar surface area (TPSA) is 46.3 Å². The van der Waals surface area contributed by atoms with Crippen molar-refractivity contribution in [2.24, 2.45) is 5.41 Å². The summed E-state index contributed by atoms with van der Waals surface area (Å²) in [7, 11) is 0. The molecule has 0 amide bonds. The van der Waals surface area contributed by atoms with Gasteiger partial charge >= 0.3 is 0 Å². The second kappa shape index (κ2) is 7.94. The molecule has 6 heteroatoms. The molecule has 1 saturated heterocycles. The van der Waals surface area contributed by atoms with Crippen molar-refractivity contribution in [3.8, 4) is 11.3 Å². The van der Waals surface area contributed by atoms with Crippen molar-refractivity contribution in [3.63, 3.8) is 0 Å². The highest BCUT2D eigenvalue weighted by Gasteiger charge is 2.33. The van der Waals surface area contributed by atoms with Crippen molar-refractivity contribution >= 4 is 23.1 Å². The number of aryl methyl sites for hydroxylation is 1. The largest absolute Gasteiger partial charge is 0.353 e. The summed E-state index contributed by atoms with van der Waals surface area (Å²) in [6.07, 6.45) is 8.06. The fourth-order valence-corrected chi connectivity index (χ4v) is 5.07. The summed E-state index contributed by atoms with van der Waals surface area (Å²) >= 11 is 6.39. The maximum absolute atomic E-state index is 6.39. The van der Waals surface area contributed by atoms with E-state index in [-0.39, 0.29) is 0 Å². The zero-order chi connectivity index (χ0) is 20.6. The fourth-order valence-electron chi connectivity index (χ4n) is 4.89. The molecule has 2 aromatic heterocycles. The standard InChI is InChI=1S/C23H30ClN5/c1-5-10-23(6-2)11-13-28(14-12-23)21-22-27-25-15-29(22)20(17(4)26-21)18-8-7-9-19(24)16(18)3/h7-9,15H,5-6,10-14H2,1-4H3. The molecule has 0 unspecified atom stereocenters. The van der Waals surface area contributed by atoms with Gasteiger partial charge in [-0.2, -0.15) is 0 Å². The molecule has 0 saturated carbocycles. The van der Waals surface area contributed by atoms with E-state index >= 15 is 0 Å². The summed E-state index contributed by atoms with van der Waals surface area (Å²) in [5, 5.41) is 9.42. The minimum absolute atomic E-state index is 0.488. The zero-order valence-electron chi connectivity index (χ0n) is 17.9. The smallest absolute Gasteiger partial charge is 0.204 e. The van der Waals surface area contributed by atoms with E-state index in [1.165, 1.54) is 32.1 Å². The predicted octanol–water partition coefficient (Wildman–Crippen LogP) is 5.86. The van der Waals surface area contributed by atoms with Crippen LogP contribution in [0.25, 0.3) is 16.9 Å². The van der Waals surface area contributed by atoms with Crippen molar-refractivity contribution in [1.82, 2.24) is 19.6 Å². The van der Waals surface area contributed by atoms with Crippen molar-refractivity contribution in [1.29, 1.82) is 0 Å². The Morgan fingerprint density at radius 3 is 2.59 bits per heavy atom. The first-order valence-corrected chi connectivity index (χ1v) is 11.1. The molecule has 0 aliphatic carbocycles. The number of hydrogen-bond acceptors (Lipinski definition) is 4. The van der Waals surface area contributed by atoms with Crippen LogP contribution in [0.4, 0.5) is 5.82 Å². The number of piperidine rings is 1. The minimum Gasteiger partial charge on any atom is -0.353 e. The molecule has 4 rings (SSSR count). The molecule has 29 heavy (non-hydrogen) atoms. The van der Waals surface area contributed by atoms with Crippen LogP contribution in [-0.2, 0) is 0 Å². The molecule has 3 heterocycles. The third-order valence-electron chi connectivity index (χ3n) is 6.78. The van der Waals surface area contributed by atoms with Crippen LogP contribution in [0.2, 0.25) is 5.02 Å². The van der Waals surface area contributed by atoms with Gasteiger partial charge in [-0.05, 0) is 50.2 Å². The van der Waals surface area contributed by atoms with E-state index in [4.69, 9.17) is 16.6 Å². The van der Waals surface area contributed by atoms with Crippen molar-refractivity contribution < 1.29 is 0 Å². The highest BCUT2D eigenvalue weighted by molar-refractivity contribution is 6.31. The summed E-state index contributed by atoms with van der Waals surface area (Å²) in [4.78, 5) is 7.42. The molecule has 3 aromatic rings. The lowest BCUT2D eigenvalue weighted by atomic mass is 9.73. The first-order chi connectivity index (χ1) is 14.0. The van der Waals surface area contributed by atoms with Gasteiger partial charge in [0.15, 0.2) is 5.82 Å². The van der Waals surface area contributed by atoms with Crippen molar-refractivity contribution in [2.45, 2.75) is 59.8 Å². The second-order valence-electron chi connectivity index (χ2n) is 8.40. The molecular formula is C23H30ClN5. The molecule has 0 atom stereocenters. The van der Waals surface area contributed by atoms with Crippen molar-refractivity contribution in [3.05, 3.63) is 40.8 Å². The van der Waals surface area contributed by atoms with Crippen LogP contribution in [0.3, 0.4) is 0 Å². The number of hydrogen-bond donors (Lipinski definition) is 0. The molecule has 1 aliphatic heterocycles. The predicted molar refractivity (Wildman–Crippen MR) is 120 cm³/mol. The number of fused-ring (bicyclic) bond motifs is 1. The SMILES string of the molecule is CCCC1(CC)CCN(c2nc(C)c(-c3cccc(Cl)c3C)n3cnnc23)CC1. The normalized spacial score (nSPS) is 16.5. The Hall–Kier alpha value is -2.14. The fraction of sp³-hybridized carbons (Fsp3) is 0.522. The van der Waals surface area contributed by atoms with Gasteiger partial charge in [-0.3, -0.25) is 4.40 Å². The second-order valence-corrected chi connectivity index (χ2v) is 8.80. The Bertz CT molecular complexity index is 1020. The van der Waals surface area contributed by atoms with E-state index in [1.54, 1.807) is 6.33 Å².